The maximum atomic E-state index is 12.0. The van der Waals surface area contributed by atoms with E-state index in [1.807, 2.05) is 25.1 Å². The van der Waals surface area contributed by atoms with Crippen LogP contribution >= 0.6 is 22.6 Å². The summed E-state index contributed by atoms with van der Waals surface area (Å²) in [5.74, 6) is 0.822. The lowest BCUT2D eigenvalue weighted by atomic mass is 10.1. The molecule has 1 heterocycles. The molecule has 0 aliphatic heterocycles. The number of aromatic nitrogens is 2. The van der Waals surface area contributed by atoms with Crippen LogP contribution in [0.15, 0.2) is 23.0 Å². The molecule has 0 saturated heterocycles. The van der Waals surface area contributed by atoms with E-state index in [1.54, 1.807) is 11.6 Å². The molecule has 0 aliphatic carbocycles. The molecular formula is C11H11IN2O. The fourth-order valence-corrected chi connectivity index (χ4v) is 2.28. The van der Waals surface area contributed by atoms with Crippen LogP contribution in [0.3, 0.4) is 0 Å². The van der Waals surface area contributed by atoms with Crippen molar-refractivity contribution in [2.24, 2.45) is 7.05 Å². The van der Waals surface area contributed by atoms with Gasteiger partial charge in [0.25, 0.3) is 5.56 Å². The summed E-state index contributed by atoms with van der Waals surface area (Å²) in [6, 6.07) is 5.70. The largest absolute Gasteiger partial charge is 0.299 e. The Bertz CT molecular complexity index is 575. The number of benzene rings is 1. The predicted octanol–water partition coefficient (Wildman–Crippen LogP) is 2.18. The van der Waals surface area contributed by atoms with Crippen molar-refractivity contribution in [1.29, 1.82) is 0 Å². The van der Waals surface area contributed by atoms with Crippen molar-refractivity contribution >= 4 is 33.5 Å². The lowest BCUT2D eigenvalue weighted by Crippen LogP contribution is -2.21. The highest BCUT2D eigenvalue weighted by molar-refractivity contribution is 14.1. The molecule has 0 aliphatic rings. The van der Waals surface area contributed by atoms with Crippen molar-refractivity contribution in [2.75, 3.05) is 0 Å². The van der Waals surface area contributed by atoms with E-state index in [2.05, 4.69) is 27.6 Å². The van der Waals surface area contributed by atoms with Crippen LogP contribution in [0.5, 0.6) is 0 Å². The molecule has 0 atom stereocenters. The van der Waals surface area contributed by atoms with Crippen molar-refractivity contribution in [1.82, 2.24) is 9.55 Å². The zero-order valence-corrected chi connectivity index (χ0v) is 10.8. The standard InChI is InChI=1S/C11H11IN2O/c1-7-4-3-5-8-10(7)13-9(6-12)14(2)11(8)15/h3-5H,6H2,1-2H3. The molecule has 0 radical (unpaired) electrons. The third kappa shape index (κ3) is 1.67. The van der Waals surface area contributed by atoms with E-state index in [-0.39, 0.29) is 5.56 Å². The molecule has 0 N–H and O–H groups in total. The number of rotatable bonds is 1. The number of fused-ring (bicyclic) bond motifs is 1. The molecule has 15 heavy (non-hydrogen) atoms. The molecule has 0 spiro atoms. The average Bonchev–Trinajstić information content (AvgIpc) is 2.24. The lowest BCUT2D eigenvalue weighted by Gasteiger charge is -2.07. The smallest absolute Gasteiger partial charge is 0.261 e. The Kier molecular flexibility index (Phi) is 2.77. The molecule has 2 rings (SSSR count). The molecule has 0 bridgehead atoms. The third-order valence-electron chi connectivity index (χ3n) is 2.52. The number of alkyl halides is 1. The number of aryl methyl sites for hydroxylation is 1. The first-order valence-corrected chi connectivity index (χ1v) is 6.19. The normalized spacial score (nSPS) is 10.9. The van der Waals surface area contributed by atoms with Gasteiger partial charge in [-0.3, -0.25) is 9.36 Å². The average molecular weight is 314 g/mol. The number of halogens is 1. The van der Waals surface area contributed by atoms with Gasteiger partial charge >= 0.3 is 0 Å². The molecule has 1 aromatic carbocycles. The Morgan fingerprint density at radius 1 is 1.47 bits per heavy atom. The van der Waals surface area contributed by atoms with Crippen molar-refractivity contribution in [2.45, 2.75) is 11.4 Å². The Labute approximate surface area is 101 Å². The van der Waals surface area contributed by atoms with Crippen LogP contribution in [-0.2, 0) is 11.5 Å². The Balaban J connectivity index is 2.98. The highest BCUT2D eigenvalue weighted by Crippen LogP contribution is 2.13. The maximum absolute atomic E-state index is 12.0. The molecule has 0 amide bonds. The van der Waals surface area contributed by atoms with Crippen molar-refractivity contribution in [3.8, 4) is 0 Å². The van der Waals surface area contributed by atoms with E-state index in [1.165, 1.54) is 0 Å². The van der Waals surface area contributed by atoms with Crippen LogP contribution in [0, 0.1) is 6.92 Å². The highest BCUT2D eigenvalue weighted by atomic mass is 127. The van der Waals surface area contributed by atoms with Gasteiger partial charge in [0.2, 0.25) is 0 Å². The molecule has 78 valence electrons. The molecule has 2 aromatic rings. The summed E-state index contributed by atoms with van der Waals surface area (Å²) in [5, 5.41) is 0.700. The van der Waals surface area contributed by atoms with E-state index in [9.17, 15) is 4.79 Å². The van der Waals surface area contributed by atoms with Gasteiger partial charge in [-0.1, -0.05) is 34.7 Å². The predicted molar refractivity (Wildman–Crippen MR) is 69.4 cm³/mol. The van der Waals surface area contributed by atoms with Crippen LogP contribution < -0.4 is 5.56 Å². The first kappa shape index (κ1) is 10.6. The molecule has 0 fully saturated rings. The summed E-state index contributed by atoms with van der Waals surface area (Å²) < 4.78 is 2.36. The van der Waals surface area contributed by atoms with Gasteiger partial charge in [-0.15, -0.1) is 0 Å². The van der Waals surface area contributed by atoms with Gasteiger partial charge in [0.05, 0.1) is 15.3 Å². The van der Waals surface area contributed by atoms with Gasteiger partial charge in [-0.05, 0) is 18.6 Å². The van der Waals surface area contributed by atoms with E-state index in [0.29, 0.717) is 5.39 Å². The number of para-hydroxylation sites is 1. The first-order chi connectivity index (χ1) is 7.15. The second-order valence-corrected chi connectivity index (χ2v) is 4.26. The molecule has 4 heteroatoms. The second-order valence-electron chi connectivity index (χ2n) is 3.50. The molecule has 0 unspecified atom stereocenters. The summed E-state index contributed by atoms with van der Waals surface area (Å²) in [6.07, 6.45) is 0. The highest BCUT2D eigenvalue weighted by Gasteiger charge is 2.07. The lowest BCUT2D eigenvalue weighted by molar-refractivity contribution is 0.789. The van der Waals surface area contributed by atoms with E-state index in [0.717, 1.165) is 21.3 Å². The van der Waals surface area contributed by atoms with Crippen LogP contribution in [0.25, 0.3) is 10.9 Å². The Morgan fingerprint density at radius 2 is 2.20 bits per heavy atom. The fraction of sp³-hybridized carbons (Fsp3) is 0.273. The number of hydrogen-bond acceptors (Lipinski definition) is 2. The number of nitrogens with zero attached hydrogens (tertiary/aromatic N) is 2. The molecule has 0 saturated carbocycles. The van der Waals surface area contributed by atoms with Crippen molar-refractivity contribution in [3.63, 3.8) is 0 Å². The summed E-state index contributed by atoms with van der Waals surface area (Å²) >= 11 is 2.22. The maximum Gasteiger partial charge on any atom is 0.261 e. The van der Waals surface area contributed by atoms with Crippen LogP contribution in [0.1, 0.15) is 11.4 Å². The van der Waals surface area contributed by atoms with Gasteiger partial charge in [0.15, 0.2) is 0 Å². The van der Waals surface area contributed by atoms with Gasteiger partial charge in [0.1, 0.15) is 5.82 Å². The van der Waals surface area contributed by atoms with Crippen molar-refractivity contribution in [3.05, 3.63) is 39.9 Å². The minimum Gasteiger partial charge on any atom is -0.299 e. The summed E-state index contributed by atoms with van der Waals surface area (Å²) in [7, 11) is 1.77. The second kappa shape index (κ2) is 3.92. The Morgan fingerprint density at radius 3 is 2.87 bits per heavy atom. The third-order valence-corrected chi connectivity index (χ3v) is 3.20. The number of hydrogen-bond donors (Lipinski definition) is 0. The minimum absolute atomic E-state index is 0.0374. The Hall–Kier alpha value is -0.910. The monoisotopic (exact) mass is 314 g/mol. The molecule has 3 nitrogen and oxygen atoms in total. The van der Waals surface area contributed by atoms with Gasteiger partial charge in [0, 0.05) is 7.05 Å². The first-order valence-electron chi connectivity index (χ1n) is 4.66. The summed E-state index contributed by atoms with van der Waals surface area (Å²) in [6.45, 7) is 1.98. The van der Waals surface area contributed by atoms with Gasteiger partial charge in [-0.25, -0.2) is 4.98 Å². The molecule has 1 aromatic heterocycles. The molecular weight excluding hydrogens is 303 g/mol. The quantitative estimate of drug-likeness (QED) is 0.597. The van der Waals surface area contributed by atoms with Crippen molar-refractivity contribution < 1.29 is 0 Å². The fourth-order valence-electron chi connectivity index (χ4n) is 1.60. The zero-order chi connectivity index (χ0) is 11.0. The van der Waals surface area contributed by atoms with Gasteiger partial charge < -0.3 is 0 Å². The van der Waals surface area contributed by atoms with Crippen LogP contribution in [0.2, 0.25) is 0 Å². The summed E-state index contributed by atoms with van der Waals surface area (Å²) in [5.41, 5.74) is 1.92. The van der Waals surface area contributed by atoms with Gasteiger partial charge in [-0.2, -0.15) is 0 Å². The topological polar surface area (TPSA) is 34.9 Å². The van der Waals surface area contributed by atoms with E-state index >= 15 is 0 Å². The summed E-state index contributed by atoms with van der Waals surface area (Å²) in [4.78, 5) is 16.5. The van der Waals surface area contributed by atoms with Crippen LogP contribution in [-0.4, -0.2) is 9.55 Å². The SMILES string of the molecule is Cc1cccc2c(=O)n(C)c(CI)nc12. The minimum atomic E-state index is 0.0374. The van der Waals surface area contributed by atoms with E-state index < -0.39 is 0 Å². The zero-order valence-electron chi connectivity index (χ0n) is 8.62. The van der Waals surface area contributed by atoms with E-state index in [4.69, 9.17) is 0 Å². The van der Waals surface area contributed by atoms with Crippen LogP contribution in [0.4, 0.5) is 0 Å².